The van der Waals surface area contributed by atoms with E-state index in [1.165, 1.54) is 6.07 Å². The highest BCUT2D eigenvalue weighted by molar-refractivity contribution is 7.92. The van der Waals surface area contributed by atoms with Crippen molar-refractivity contribution in [1.82, 2.24) is 0 Å². The number of hydrogen-bond acceptors (Lipinski definition) is 4. The molecule has 0 radical (unpaired) electrons. The molecule has 0 saturated heterocycles. The second-order valence-corrected chi connectivity index (χ2v) is 7.65. The summed E-state index contributed by atoms with van der Waals surface area (Å²) in [5, 5.41) is 2.45. The van der Waals surface area contributed by atoms with E-state index in [0.717, 1.165) is 24.6 Å². The van der Waals surface area contributed by atoms with E-state index >= 15 is 0 Å². The fourth-order valence-electron chi connectivity index (χ4n) is 2.64. The molecule has 23 heavy (non-hydrogen) atoms. The molecule has 3 atom stereocenters. The lowest BCUT2D eigenvalue weighted by molar-refractivity contribution is -0.120. The van der Waals surface area contributed by atoms with Gasteiger partial charge in [0.05, 0.1) is 10.8 Å². The zero-order valence-electron chi connectivity index (χ0n) is 12.3. The minimum Gasteiger partial charge on any atom is -0.327 e. The van der Waals surface area contributed by atoms with Crippen LogP contribution in [0.1, 0.15) is 19.8 Å². The monoisotopic (exact) mass is 350 g/mol. The summed E-state index contributed by atoms with van der Waals surface area (Å²) in [6.45, 7) is 1.93. The van der Waals surface area contributed by atoms with E-state index in [1.54, 1.807) is 0 Å². The Balaban J connectivity index is 2.20. The third-order valence-electron chi connectivity index (χ3n) is 4.11. The second-order valence-electron chi connectivity index (χ2n) is 5.70. The van der Waals surface area contributed by atoms with Gasteiger partial charge in [-0.15, -0.1) is 0 Å². The van der Waals surface area contributed by atoms with Gasteiger partial charge in [-0.2, -0.15) is 13.2 Å². The number of alkyl halides is 3. The van der Waals surface area contributed by atoms with Crippen LogP contribution in [0.15, 0.2) is 29.2 Å². The van der Waals surface area contributed by atoms with E-state index < -0.39 is 32.1 Å². The highest BCUT2D eigenvalue weighted by atomic mass is 32.2. The molecule has 0 aromatic heterocycles. The number of carbonyl (C=O) groups excluding carboxylic acids is 1. The van der Waals surface area contributed by atoms with Crippen LogP contribution in [0.25, 0.3) is 0 Å². The van der Waals surface area contributed by atoms with E-state index in [1.807, 2.05) is 6.92 Å². The molecule has 1 aromatic rings. The van der Waals surface area contributed by atoms with Crippen LogP contribution >= 0.6 is 0 Å². The summed E-state index contributed by atoms with van der Waals surface area (Å²) in [5.74, 6) is -0.668. The maximum absolute atomic E-state index is 12.6. The van der Waals surface area contributed by atoms with Crippen LogP contribution < -0.4 is 11.1 Å². The van der Waals surface area contributed by atoms with Crippen molar-refractivity contribution < 1.29 is 26.4 Å². The zero-order chi connectivity index (χ0) is 17.4. The molecular formula is C14H17F3N2O3S. The van der Waals surface area contributed by atoms with E-state index in [0.29, 0.717) is 6.42 Å². The molecule has 0 unspecified atom stereocenters. The molecule has 0 heterocycles. The molecule has 0 aliphatic heterocycles. The first-order valence-electron chi connectivity index (χ1n) is 7.02. The van der Waals surface area contributed by atoms with Gasteiger partial charge in [0.2, 0.25) is 5.91 Å². The van der Waals surface area contributed by atoms with Crippen molar-refractivity contribution in [3.8, 4) is 0 Å². The highest BCUT2D eigenvalue weighted by Crippen LogP contribution is 2.33. The predicted molar refractivity (Wildman–Crippen MR) is 78.2 cm³/mol. The molecule has 1 saturated carbocycles. The van der Waals surface area contributed by atoms with Gasteiger partial charge in [0, 0.05) is 11.7 Å². The Hall–Kier alpha value is -1.61. The molecule has 0 bridgehead atoms. The van der Waals surface area contributed by atoms with Crippen molar-refractivity contribution in [1.29, 1.82) is 0 Å². The van der Waals surface area contributed by atoms with Gasteiger partial charge in [-0.3, -0.25) is 4.79 Å². The van der Waals surface area contributed by atoms with Crippen LogP contribution in [0.5, 0.6) is 0 Å². The highest BCUT2D eigenvalue weighted by Gasteiger charge is 2.47. The second kappa shape index (κ2) is 6.12. The van der Waals surface area contributed by atoms with Crippen molar-refractivity contribution in [2.75, 3.05) is 5.32 Å². The van der Waals surface area contributed by atoms with Gasteiger partial charge < -0.3 is 11.1 Å². The van der Waals surface area contributed by atoms with Crippen LogP contribution in [-0.2, 0) is 14.6 Å². The first kappa shape index (κ1) is 17.7. The Morgan fingerprint density at radius 2 is 1.96 bits per heavy atom. The Morgan fingerprint density at radius 1 is 1.30 bits per heavy atom. The molecule has 1 amide bonds. The van der Waals surface area contributed by atoms with Crippen molar-refractivity contribution in [2.24, 2.45) is 17.6 Å². The molecule has 3 N–H and O–H groups in total. The summed E-state index contributed by atoms with van der Waals surface area (Å²) in [6.07, 6.45) is 1.39. The average molecular weight is 350 g/mol. The van der Waals surface area contributed by atoms with Crippen LogP contribution in [0.2, 0.25) is 0 Å². The zero-order valence-corrected chi connectivity index (χ0v) is 13.1. The van der Waals surface area contributed by atoms with Crippen molar-refractivity contribution in [2.45, 2.75) is 36.2 Å². The Kier molecular flexibility index (Phi) is 4.72. The van der Waals surface area contributed by atoms with E-state index in [2.05, 4.69) is 5.32 Å². The first-order chi connectivity index (χ1) is 10.5. The van der Waals surface area contributed by atoms with E-state index in [-0.39, 0.29) is 17.6 Å². The molecule has 1 aliphatic carbocycles. The lowest BCUT2D eigenvalue weighted by Gasteiger charge is -2.18. The normalized spacial score (nSPS) is 25.3. The number of hydrogen-bond donors (Lipinski definition) is 2. The van der Waals surface area contributed by atoms with Gasteiger partial charge in [-0.05, 0) is 37.0 Å². The van der Waals surface area contributed by atoms with Gasteiger partial charge in [-0.1, -0.05) is 13.0 Å². The van der Waals surface area contributed by atoms with Gasteiger partial charge >= 0.3 is 5.51 Å². The minimum absolute atomic E-state index is 0.00734. The molecule has 1 aliphatic rings. The third-order valence-corrected chi connectivity index (χ3v) is 5.59. The maximum atomic E-state index is 12.6. The lowest BCUT2D eigenvalue weighted by Crippen LogP contribution is -2.37. The van der Waals surface area contributed by atoms with Crippen molar-refractivity contribution >= 4 is 21.4 Å². The number of amides is 1. The summed E-state index contributed by atoms with van der Waals surface area (Å²) in [5.41, 5.74) is 0.530. The Labute approximate surface area is 132 Å². The SMILES string of the molecule is C[C@@H]1CC[C@H](C(=O)Nc2cccc(S(=O)(=O)C(F)(F)F)c2)[C@@H]1N. The fraction of sp³-hybridized carbons (Fsp3) is 0.500. The van der Waals surface area contributed by atoms with Crippen LogP contribution in [0.4, 0.5) is 18.9 Å². The van der Waals surface area contributed by atoms with Gasteiger partial charge in [0.15, 0.2) is 0 Å². The average Bonchev–Trinajstić information content (AvgIpc) is 2.78. The number of sulfone groups is 1. The quantitative estimate of drug-likeness (QED) is 0.875. The molecule has 1 aromatic carbocycles. The molecule has 9 heteroatoms. The van der Waals surface area contributed by atoms with Crippen molar-refractivity contribution in [3.05, 3.63) is 24.3 Å². The lowest BCUT2D eigenvalue weighted by atomic mass is 9.99. The molecule has 1 fully saturated rings. The number of nitrogens with one attached hydrogen (secondary N) is 1. The molecule has 0 spiro atoms. The summed E-state index contributed by atoms with van der Waals surface area (Å²) in [6, 6.07) is 3.78. The predicted octanol–water partition coefficient (Wildman–Crippen LogP) is 2.29. The van der Waals surface area contributed by atoms with Crippen LogP contribution in [-0.4, -0.2) is 25.9 Å². The van der Waals surface area contributed by atoms with Crippen molar-refractivity contribution in [3.63, 3.8) is 0 Å². The van der Waals surface area contributed by atoms with Gasteiger partial charge in [-0.25, -0.2) is 8.42 Å². The largest absolute Gasteiger partial charge is 0.501 e. The van der Waals surface area contributed by atoms with E-state index in [4.69, 9.17) is 5.73 Å². The summed E-state index contributed by atoms with van der Waals surface area (Å²) in [4.78, 5) is 11.3. The molecule has 2 rings (SSSR count). The minimum atomic E-state index is -5.45. The van der Waals surface area contributed by atoms with Gasteiger partial charge in [0.25, 0.3) is 9.84 Å². The molecule has 128 valence electrons. The Bertz CT molecular complexity index is 703. The third kappa shape index (κ3) is 3.50. The fourth-order valence-corrected chi connectivity index (χ4v) is 3.45. The number of halogens is 3. The maximum Gasteiger partial charge on any atom is 0.501 e. The number of nitrogens with two attached hydrogens (primary N) is 1. The molecular weight excluding hydrogens is 333 g/mol. The summed E-state index contributed by atoms with van der Waals surface area (Å²) in [7, 11) is -5.45. The van der Waals surface area contributed by atoms with Crippen LogP contribution in [0, 0.1) is 11.8 Å². The topological polar surface area (TPSA) is 89.3 Å². The van der Waals surface area contributed by atoms with E-state index in [9.17, 15) is 26.4 Å². The number of anilines is 1. The Morgan fingerprint density at radius 3 is 2.48 bits per heavy atom. The van der Waals surface area contributed by atoms with Crippen LogP contribution in [0.3, 0.4) is 0 Å². The standard InChI is InChI=1S/C14H17F3N2O3S/c1-8-5-6-11(12(8)18)13(20)19-9-3-2-4-10(7-9)23(21,22)14(15,16)17/h2-4,7-8,11-12H,5-6,18H2,1H3,(H,19,20)/t8-,11+,12-/m1/s1. The molecule has 5 nitrogen and oxygen atoms in total. The smallest absolute Gasteiger partial charge is 0.327 e. The summed E-state index contributed by atoms with van der Waals surface area (Å²) < 4.78 is 60.5. The number of benzene rings is 1. The first-order valence-corrected chi connectivity index (χ1v) is 8.50. The summed E-state index contributed by atoms with van der Waals surface area (Å²) >= 11 is 0. The number of carbonyl (C=O) groups is 1. The number of rotatable bonds is 3. The van der Waals surface area contributed by atoms with Gasteiger partial charge in [0.1, 0.15) is 0 Å².